The normalized spacial score (nSPS) is 25.1. The zero-order valence-electron chi connectivity index (χ0n) is 11.7. The summed E-state index contributed by atoms with van der Waals surface area (Å²) in [6.07, 6.45) is 3.92. The van der Waals surface area contributed by atoms with Gasteiger partial charge in [-0.3, -0.25) is 4.79 Å². The fourth-order valence-corrected chi connectivity index (χ4v) is 2.84. The van der Waals surface area contributed by atoms with E-state index in [0.717, 1.165) is 24.5 Å². The zero-order valence-corrected chi connectivity index (χ0v) is 11.7. The lowest BCUT2D eigenvalue weighted by atomic mass is 10.2. The molecule has 1 aromatic rings. The number of rotatable bonds is 5. The van der Waals surface area contributed by atoms with Gasteiger partial charge in [-0.2, -0.15) is 0 Å². The molecule has 2 atom stereocenters. The van der Waals surface area contributed by atoms with Gasteiger partial charge in [-0.15, -0.1) is 0 Å². The third kappa shape index (κ3) is 2.68. The smallest absolute Gasteiger partial charge is 0.224 e. The van der Waals surface area contributed by atoms with Gasteiger partial charge in [0.05, 0.1) is 6.04 Å². The van der Waals surface area contributed by atoms with Gasteiger partial charge in [-0.1, -0.05) is 6.92 Å². The molecule has 4 heteroatoms. The number of carbonyl (C=O) groups is 1. The number of carbonyl (C=O) groups excluding carboxylic acids is 1. The molecule has 2 fully saturated rings. The van der Waals surface area contributed by atoms with Crippen molar-refractivity contribution >= 4 is 5.91 Å². The highest BCUT2D eigenvalue weighted by Gasteiger charge is 2.39. The van der Waals surface area contributed by atoms with E-state index in [-0.39, 0.29) is 12.1 Å². The van der Waals surface area contributed by atoms with E-state index in [1.165, 1.54) is 12.8 Å². The molecule has 1 saturated carbocycles. The molecule has 2 aliphatic rings. The Morgan fingerprint density at radius 2 is 2.26 bits per heavy atom. The predicted octanol–water partition coefficient (Wildman–Crippen LogP) is 2.26. The first-order valence-electron chi connectivity index (χ1n) is 7.31. The second-order valence-corrected chi connectivity index (χ2v) is 5.72. The molecule has 0 spiro atoms. The van der Waals surface area contributed by atoms with Gasteiger partial charge >= 0.3 is 0 Å². The Labute approximate surface area is 114 Å². The summed E-state index contributed by atoms with van der Waals surface area (Å²) in [7, 11) is 0. The second kappa shape index (κ2) is 5.00. The molecule has 1 aliphatic heterocycles. The molecule has 1 saturated heterocycles. The zero-order chi connectivity index (χ0) is 13.4. The summed E-state index contributed by atoms with van der Waals surface area (Å²) in [5.74, 6) is 2.29. The summed E-state index contributed by atoms with van der Waals surface area (Å²) < 4.78 is 5.76. The van der Waals surface area contributed by atoms with Gasteiger partial charge in [-0.25, -0.2) is 0 Å². The number of furan rings is 1. The molecule has 1 aromatic heterocycles. The average molecular weight is 262 g/mol. The van der Waals surface area contributed by atoms with E-state index in [1.807, 2.05) is 17.0 Å². The highest BCUT2D eigenvalue weighted by Crippen LogP contribution is 2.31. The molecular weight excluding hydrogens is 240 g/mol. The van der Waals surface area contributed by atoms with Crippen LogP contribution in [0.2, 0.25) is 0 Å². The van der Waals surface area contributed by atoms with Crippen molar-refractivity contribution in [3.63, 3.8) is 0 Å². The second-order valence-electron chi connectivity index (χ2n) is 5.72. The topological polar surface area (TPSA) is 45.5 Å². The lowest BCUT2D eigenvalue weighted by Crippen LogP contribution is -2.35. The molecule has 0 radical (unpaired) electrons. The maximum Gasteiger partial charge on any atom is 0.224 e. The van der Waals surface area contributed by atoms with E-state index in [9.17, 15) is 4.79 Å². The standard InChI is InChI=1S/C15H22N2O2/c1-3-13-6-7-14(19-13)10(2)16-11-8-15(18)17(9-11)12-4-5-12/h6-7,10-12,16H,3-5,8-9H2,1-2H3/t10-,11+/m1/s1. The average Bonchev–Trinajstić information content (AvgIpc) is 2.99. The van der Waals surface area contributed by atoms with Crippen LogP contribution in [0.25, 0.3) is 0 Å². The monoisotopic (exact) mass is 262 g/mol. The maximum atomic E-state index is 11.9. The van der Waals surface area contributed by atoms with Crippen molar-refractivity contribution in [2.24, 2.45) is 0 Å². The van der Waals surface area contributed by atoms with Crippen molar-refractivity contribution in [1.29, 1.82) is 0 Å². The molecule has 1 aliphatic carbocycles. The van der Waals surface area contributed by atoms with Gasteiger partial charge in [-0.05, 0) is 31.9 Å². The van der Waals surface area contributed by atoms with E-state index >= 15 is 0 Å². The first-order chi connectivity index (χ1) is 9.17. The Balaban J connectivity index is 1.57. The Hall–Kier alpha value is -1.29. The first-order valence-corrected chi connectivity index (χ1v) is 7.31. The summed E-state index contributed by atoms with van der Waals surface area (Å²) in [5.41, 5.74) is 0. The molecule has 1 amide bonds. The van der Waals surface area contributed by atoms with Gasteiger partial charge in [0.25, 0.3) is 0 Å². The van der Waals surface area contributed by atoms with Gasteiger partial charge in [0.1, 0.15) is 11.5 Å². The molecule has 0 unspecified atom stereocenters. The van der Waals surface area contributed by atoms with Crippen LogP contribution in [0.1, 0.15) is 50.7 Å². The fraction of sp³-hybridized carbons (Fsp3) is 0.667. The minimum Gasteiger partial charge on any atom is -0.464 e. The van der Waals surface area contributed by atoms with Crippen molar-refractivity contribution in [3.05, 3.63) is 23.7 Å². The summed E-state index contributed by atoms with van der Waals surface area (Å²) >= 11 is 0. The number of amides is 1. The SMILES string of the molecule is CCc1ccc([C@@H](C)N[C@H]2CC(=O)N(C3CC3)C2)o1. The van der Waals surface area contributed by atoms with E-state index in [4.69, 9.17) is 4.42 Å². The van der Waals surface area contributed by atoms with Crippen LogP contribution in [0.15, 0.2) is 16.5 Å². The molecule has 2 heterocycles. The van der Waals surface area contributed by atoms with Crippen molar-refractivity contribution in [2.45, 2.75) is 57.7 Å². The quantitative estimate of drug-likeness (QED) is 0.885. The Kier molecular flexibility index (Phi) is 3.35. The number of aryl methyl sites for hydroxylation is 1. The van der Waals surface area contributed by atoms with Gasteiger partial charge in [0, 0.05) is 31.5 Å². The van der Waals surface area contributed by atoms with Crippen molar-refractivity contribution < 1.29 is 9.21 Å². The summed E-state index contributed by atoms with van der Waals surface area (Å²) in [6.45, 7) is 5.04. The highest BCUT2D eigenvalue weighted by atomic mass is 16.3. The van der Waals surface area contributed by atoms with Crippen LogP contribution >= 0.6 is 0 Å². The molecule has 3 rings (SSSR count). The summed E-state index contributed by atoms with van der Waals surface area (Å²) in [6, 6.07) is 5.02. The van der Waals surface area contributed by atoms with E-state index in [2.05, 4.69) is 19.2 Å². The minimum atomic E-state index is 0.164. The van der Waals surface area contributed by atoms with E-state index < -0.39 is 0 Å². The first kappa shape index (κ1) is 12.7. The van der Waals surface area contributed by atoms with Crippen LogP contribution in [0.5, 0.6) is 0 Å². The Bertz CT molecular complexity index is 464. The largest absolute Gasteiger partial charge is 0.464 e. The third-order valence-electron chi connectivity index (χ3n) is 4.09. The molecule has 4 nitrogen and oxygen atoms in total. The van der Waals surface area contributed by atoms with Gasteiger partial charge in [0.15, 0.2) is 0 Å². The summed E-state index contributed by atoms with van der Waals surface area (Å²) in [4.78, 5) is 13.9. The maximum absolute atomic E-state index is 11.9. The lowest BCUT2D eigenvalue weighted by Gasteiger charge is -2.19. The molecule has 0 bridgehead atoms. The third-order valence-corrected chi connectivity index (χ3v) is 4.09. The summed E-state index contributed by atoms with van der Waals surface area (Å²) in [5, 5.41) is 3.52. The minimum absolute atomic E-state index is 0.164. The number of likely N-dealkylation sites (tertiary alicyclic amines) is 1. The van der Waals surface area contributed by atoms with Gasteiger partial charge in [0.2, 0.25) is 5.91 Å². The number of hydrogen-bond donors (Lipinski definition) is 1. The predicted molar refractivity (Wildman–Crippen MR) is 72.8 cm³/mol. The Morgan fingerprint density at radius 3 is 2.89 bits per heavy atom. The van der Waals surface area contributed by atoms with E-state index in [1.54, 1.807) is 0 Å². The number of nitrogens with one attached hydrogen (secondary N) is 1. The molecule has 104 valence electrons. The van der Waals surface area contributed by atoms with Crippen LogP contribution in [-0.4, -0.2) is 29.4 Å². The van der Waals surface area contributed by atoms with Crippen molar-refractivity contribution in [1.82, 2.24) is 10.2 Å². The van der Waals surface area contributed by atoms with Crippen molar-refractivity contribution in [3.8, 4) is 0 Å². The van der Waals surface area contributed by atoms with Crippen LogP contribution in [-0.2, 0) is 11.2 Å². The lowest BCUT2D eigenvalue weighted by molar-refractivity contribution is -0.128. The van der Waals surface area contributed by atoms with E-state index in [0.29, 0.717) is 18.4 Å². The fourth-order valence-electron chi connectivity index (χ4n) is 2.84. The van der Waals surface area contributed by atoms with Crippen LogP contribution in [0, 0.1) is 0 Å². The molecular formula is C15H22N2O2. The molecule has 0 aromatic carbocycles. The van der Waals surface area contributed by atoms with Crippen molar-refractivity contribution in [2.75, 3.05) is 6.54 Å². The van der Waals surface area contributed by atoms with Gasteiger partial charge < -0.3 is 14.6 Å². The van der Waals surface area contributed by atoms with Crippen LogP contribution < -0.4 is 5.32 Å². The number of hydrogen-bond acceptors (Lipinski definition) is 3. The number of nitrogens with zero attached hydrogens (tertiary/aromatic N) is 1. The molecule has 19 heavy (non-hydrogen) atoms. The Morgan fingerprint density at radius 1 is 1.47 bits per heavy atom. The molecule has 1 N–H and O–H groups in total. The van der Waals surface area contributed by atoms with Crippen LogP contribution in [0.3, 0.4) is 0 Å². The highest BCUT2D eigenvalue weighted by molar-refractivity contribution is 5.80. The van der Waals surface area contributed by atoms with Crippen LogP contribution in [0.4, 0.5) is 0 Å².